The molecule has 162 valence electrons. The molecule has 1 amide bonds. The Morgan fingerprint density at radius 2 is 1.72 bits per heavy atom. The number of aryl methyl sites for hydroxylation is 1. The molecule has 1 aliphatic heterocycles. The first kappa shape index (κ1) is 23.3. The zero-order valence-electron chi connectivity index (χ0n) is 18.0. The number of piperidine rings is 1. The molecule has 1 aromatic rings. The van der Waals surface area contributed by atoms with Crippen molar-refractivity contribution >= 4 is 21.9 Å². The molecule has 0 N–H and O–H groups in total. The van der Waals surface area contributed by atoms with Crippen LogP contribution in [0.3, 0.4) is 0 Å². The number of nitrogens with zero attached hydrogens (tertiary/aromatic N) is 2. The van der Waals surface area contributed by atoms with Crippen LogP contribution in [0.15, 0.2) is 23.1 Å². The Morgan fingerprint density at radius 1 is 1.14 bits per heavy atom. The van der Waals surface area contributed by atoms with Gasteiger partial charge in [0.25, 0.3) is 5.91 Å². The van der Waals surface area contributed by atoms with Crippen molar-refractivity contribution < 1.29 is 22.7 Å². The third-order valence-electron chi connectivity index (χ3n) is 5.56. The standard InChI is InChI=1S/C21H32N2O5S/c1-6-22(7-2)29(26,27)19-13-18(12-11-15(19)3)21(25)28-14-20(24)23-16(4)9-8-10-17(23)5/h11-13,16-17H,6-10,14H2,1-5H3/t16-,17+. The fourth-order valence-corrected chi connectivity index (χ4v) is 5.61. The summed E-state index contributed by atoms with van der Waals surface area (Å²) < 4.78 is 32.3. The van der Waals surface area contributed by atoms with Crippen molar-refractivity contribution in [1.29, 1.82) is 0 Å². The van der Waals surface area contributed by atoms with Crippen LogP contribution in [0.25, 0.3) is 0 Å². The van der Waals surface area contributed by atoms with Crippen molar-refractivity contribution in [3.63, 3.8) is 0 Å². The van der Waals surface area contributed by atoms with Gasteiger partial charge in [0.05, 0.1) is 10.5 Å². The summed E-state index contributed by atoms with van der Waals surface area (Å²) in [7, 11) is -3.70. The predicted octanol–water partition coefficient (Wildman–Crippen LogP) is 2.97. The van der Waals surface area contributed by atoms with Gasteiger partial charge in [0.2, 0.25) is 10.0 Å². The summed E-state index contributed by atoms with van der Waals surface area (Å²) in [5, 5.41) is 0. The molecule has 29 heavy (non-hydrogen) atoms. The molecule has 1 aromatic carbocycles. The van der Waals surface area contributed by atoms with Gasteiger partial charge in [-0.05, 0) is 57.7 Å². The highest BCUT2D eigenvalue weighted by Crippen LogP contribution is 2.24. The molecule has 0 aliphatic carbocycles. The van der Waals surface area contributed by atoms with Gasteiger partial charge in [0.1, 0.15) is 0 Å². The van der Waals surface area contributed by atoms with Crippen LogP contribution in [-0.4, -0.2) is 61.3 Å². The fourth-order valence-electron chi connectivity index (χ4n) is 3.91. The van der Waals surface area contributed by atoms with Crippen LogP contribution in [-0.2, 0) is 19.6 Å². The van der Waals surface area contributed by atoms with E-state index in [0.717, 1.165) is 19.3 Å². The smallest absolute Gasteiger partial charge is 0.338 e. The molecule has 0 unspecified atom stereocenters. The second-order valence-electron chi connectivity index (χ2n) is 7.58. The summed E-state index contributed by atoms with van der Waals surface area (Å²) in [6.45, 7) is 9.56. The maximum absolute atomic E-state index is 12.8. The Hall–Kier alpha value is -1.93. The Kier molecular flexibility index (Phi) is 7.82. The molecule has 0 saturated carbocycles. The van der Waals surface area contributed by atoms with E-state index in [9.17, 15) is 18.0 Å². The zero-order chi connectivity index (χ0) is 21.8. The summed E-state index contributed by atoms with van der Waals surface area (Å²) in [4.78, 5) is 26.9. The number of amides is 1. The first-order valence-electron chi connectivity index (χ1n) is 10.2. The highest BCUT2D eigenvalue weighted by atomic mass is 32.2. The number of carbonyl (C=O) groups excluding carboxylic acids is 2. The van der Waals surface area contributed by atoms with Crippen LogP contribution in [0, 0.1) is 6.92 Å². The molecule has 8 heteroatoms. The second kappa shape index (κ2) is 9.71. The van der Waals surface area contributed by atoms with E-state index in [0.29, 0.717) is 18.7 Å². The lowest BCUT2D eigenvalue weighted by Gasteiger charge is -2.38. The fraction of sp³-hybridized carbons (Fsp3) is 0.619. The maximum atomic E-state index is 12.8. The molecular formula is C21H32N2O5S. The van der Waals surface area contributed by atoms with Crippen molar-refractivity contribution in [3.05, 3.63) is 29.3 Å². The van der Waals surface area contributed by atoms with Gasteiger partial charge >= 0.3 is 5.97 Å². The molecule has 1 heterocycles. The minimum atomic E-state index is -3.70. The number of ether oxygens (including phenoxy) is 1. The summed E-state index contributed by atoms with van der Waals surface area (Å²) in [6.07, 6.45) is 2.96. The molecule has 0 bridgehead atoms. The van der Waals surface area contributed by atoms with E-state index in [-0.39, 0.29) is 35.1 Å². The van der Waals surface area contributed by atoms with Crippen molar-refractivity contribution in [3.8, 4) is 0 Å². The van der Waals surface area contributed by atoms with Gasteiger partial charge in [0.15, 0.2) is 6.61 Å². The number of hydrogen-bond acceptors (Lipinski definition) is 5. The first-order chi connectivity index (χ1) is 13.6. The number of esters is 1. The average molecular weight is 425 g/mol. The van der Waals surface area contributed by atoms with Gasteiger partial charge in [-0.25, -0.2) is 13.2 Å². The third kappa shape index (κ3) is 5.17. The van der Waals surface area contributed by atoms with E-state index >= 15 is 0 Å². The number of rotatable bonds is 7. The molecule has 1 aliphatic rings. The van der Waals surface area contributed by atoms with Gasteiger partial charge in [-0.1, -0.05) is 19.9 Å². The molecule has 0 aromatic heterocycles. The lowest BCUT2D eigenvalue weighted by molar-refractivity contribution is -0.140. The lowest BCUT2D eigenvalue weighted by Crippen LogP contribution is -2.49. The quantitative estimate of drug-likeness (QED) is 0.629. The van der Waals surface area contributed by atoms with E-state index in [2.05, 4.69) is 0 Å². The summed E-state index contributed by atoms with van der Waals surface area (Å²) in [5.74, 6) is -0.923. The minimum Gasteiger partial charge on any atom is -0.452 e. The first-order valence-corrected chi connectivity index (χ1v) is 11.7. The van der Waals surface area contributed by atoms with Gasteiger partial charge in [-0.15, -0.1) is 0 Å². The van der Waals surface area contributed by atoms with E-state index < -0.39 is 16.0 Å². The Bertz CT molecular complexity index is 839. The van der Waals surface area contributed by atoms with Crippen molar-refractivity contribution in [2.24, 2.45) is 0 Å². The Morgan fingerprint density at radius 3 is 2.28 bits per heavy atom. The van der Waals surface area contributed by atoms with Crippen LogP contribution in [0.4, 0.5) is 0 Å². The van der Waals surface area contributed by atoms with Crippen LogP contribution < -0.4 is 0 Å². The predicted molar refractivity (Wildman–Crippen MR) is 111 cm³/mol. The zero-order valence-corrected chi connectivity index (χ0v) is 18.8. The van der Waals surface area contributed by atoms with E-state index in [1.54, 1.807) is 31.7 Å². The largest absolute Gasteiger partial charge is 0.452 e. The van der Waals surface area contributed by atoms with Crippen LogP contribution in [0.5, 0.6) is 0 Å². The van der Waals surface area contributed by atoms with Crippen molar-refractivity contribution in [2.75, 3.05) is 19.7 Å². The monoisotopic (exact) mass is 424 g/mol. The second-order valence-corrected chi connectivity index (χ2v) is 9.48. The number of hydrogen-bond donors (Lipinski definition) is 0. The maximum Gasteiger partial charge on any atom is 0.338 e. The van der Waals surface area contributed by atoms with Gasteiger partial charge < -0.3 is 9.64 Å². The average Bonchev–Trinajstić information content (AvgIpc) is 2.66. The highest BCUT2D eigenvalue weighted by molar-refractivity contribution is 7.89. The molecule has 2 rings (SSSR count). The molecule has 2 atom stereocenters. The molecule has 1 fully saturated rings. The number of carbonyl (C=O) groups is 2. The topological polar surface area (TPSA) is 84.0 Å². The highest BCUT2D eigenvalue weighted by Gasteiger charge is 2.30. The van der Waals surface area contributed by atoms with E-state index in [1.165, 1.54) is 16.4 Å². The van der Waals surface area contributed by atoms with Gasteiger partial charge in [-0.3, -0.25) is 4.79 Å². The third-order valence-corrected chi connectivity index (χ3v) is 7.75. The number of sulfonamides is 1. The molecule has 0 spiro atoms. The SMILES string of the molecule is CCN(CC)S(=O)(=O)c1cc(C(=O)OCC(=O)N2[C@H](C)CCC[C@@H]2C)ccc1C. The van der Waals surface area contributed by atoms with Crippen molar-refractivity contribution in [2.45, 2.75) is 70.9 Å². The molecule has 1 saturated heterocycles. The summed E-state index contributed by atoms with van der Waals surface area (Å²) in [5.41, 5.74) is 0.675. The summed E-state index contributed by atoms with van der Waals surface area (Å²) in [6, 6.07) is 4.69. The van der Waals surface area contributed by atoms with E-state index in [1.807, 2.05) is 13.8 Å². The lowest BCUT2D eigenvalue weighted by atomic mass is 9.97. The van der Waals surface area contributed by atoms with Crippen molar-refractivity contribution in [1.82, 2.24) is 9.21 Å². The van der Waals surface area contributed by atoms with Crippen LogP contribution in [0.2, 0.25) is 0 Å². The normalized spacial score (nSPS) is 20.0. The molecular weight excluding hydrogens is 392 g/mol. The molecule has 0 radical (unpaired) electrons. The number of benzene rings is 1. The minimum absolute atomic E-state index is 0.0836. The van der Waals surface area contributed by atoms with Gasteiger partial charge in [-0.2, -0.15) is 4.31 Å². The van der Waals surface area contributed by atoms with E-state index in [4.69, 9.17) is 4.74 Å². The van der Waals surface area contributed by atoms with Crippen LogP contribution in [0.1, 0.15) is 62.9 Å². The summed E-state index contributed by atoms with van der Waals surface area (Å²) >= 11 is 0. The Labute approximate surface area is 174 Å². The van der Waals surface area contributed by atoms with Gasteiger partial charge in [0, 0.05) is 25.2 Å². The molecule has 7 nitrogen and oxygen atoms in total. The van der Waals surface area contributed by atoms with Crippen LogP contribution >= 0.6 is 0 Å². The Balaban J connectivity index is 2.15. The number of likely N-dealkylation sites (tertiary alicyclic amines) is 1.